The Morgan fingerprint density at radius 2 is 2.17 bits per heavy atom. The standard InChI is InChI=1S/C8H18N2OS/c1-4-6(2)12-5-8(3,10)7(9)11/h6H,4-5,10H2,1-3H3,(H2,9,11). The summed E-state index contributed by atoms with van der Waals surface area (Å²) in [7, 11) is 0. The van der Waals surface area contributed by atoms with Crippen LogP contribution in [0, 0.1) is 0 Å². The van der Waals surface area contributed by atoms with Gasteiger partial charge in [0.1, 0.15) is 5.54 Å². The largest absolute Gasteiger partial charge is 0.368 e. The molecule has 1 amide bonds. The van der Waals surface area contributed by atoms with Crippen molar-refractivity contribution >= 4 is 17.7 Å². The summed E-state index contributed by atoms with van der Waals surface area (Å²) >= 11 is 1.69. The van der Waals surface area contributed by atoms with Crippen molar-refractivity contribution in [1.82, 2.24) is 0 Å². The normalized spacial score (nSPS) is 18.3. The summed E-state index contributed by atoms with van der Waals surface area (Å²) in [6, 6.07) is 0. The van der Waals surface area contributed by atoms with E-state index in [1.165, 1.54) is 0 Å². The maximum Gasteiger partial charge on any atom is 0.238 e. The molecule has 0 rings (SSSR count). The van der Waals surface area contributed by atoms with E-state index in [0.29, 0.717) is 11.0 Å². The van der Waals surface area contributed by atoms with Crippen LogP contribution in [0.1, 0.15) is 27.2 Å². The van der Waals surface area contributed by atoms with Crippen LogP contribution < -0.4 is 11.5 Å². The zero-order valence-corrected chi connectivity index (χ0v) is 8.78. The Kier molecular flexibility index (Phi) is 4.63. The van der Waals surface area contributed by atoms with Crippen LogP contribution in [0.25, 0.3) is 0 Å². The Morgan fingerprint density at radius 3 is 2.50 bits per heavy atom. The predicted octanol–water partition coefficient (Wildman–Crippen LogP) is 0.721. The first-order valence-corrected chi connectivity index (χ1v) is 5.15. The van der Waals surface area contributed by atoms with Gasteiger partial charge in [0, 0.05) is 11.0 Å². The third kappa shape index (κ3) is 3.97. The lowest BCUT2D eigenvalue weighted by molar-refractivity contribution is -0.121. The quantitative estimate of drug-likeness (QED) is 0.671. The van der Waals surface area contributed by atoms with Crippen LogP contribution in [-0.2, 0) is 4.79 Å². The third-order valence-corrected chi connectivity index (χ3v) is 3.47. The molecular weight excluding hydrogens is 172 g/mol. The van der Waals surface area contributed by atoms with Gasteiger partial charge in [0.25, 0.3) is 0 Å². The number of nitrogens with two attached hydrogens (primary N) is 2. The Hall–Kier alpha value is -0.220. The zero-order valence-electron chi connectivity index (χ0n) is 7.96. The van der Waals surface area contributed by atoms with Gasteiger partial charge in [0.05, 0.1) is 0 Å². The number of primary amides is 1. The predicted molar refractivity (Wildman–Crippen MR) is 54.0 cm³/mol. The zero-order chi connectivity index (χ0) is 9.78. The van der Waals surface area contributed by atoms with Crippen LogP contribution in [0.4, 0.5) is 0 Å². The molecule has 0 fully saturated rings. The number of rotatable bonds is 5. The van der Waals surface area contributed by atoms with Gasteiger partial charge in [0.15, 0.2) is 0 Å². The summed E-state index contributed by atoms with van der Waals surface area (Å²) in [5.41, 5.74) is 9.92. The molecule has 12 heavy (non-hydrogen) atoms. The minimum Gasteiger partial charge on any atom is -0.368 e. The van der Waals surface area contributed by atoms with Gasteiger partial charge in [-0.2, -0.15) is 11.8 Å². The van der Waals surface area contributed by atoms with E-state index >= 15 is 0 Å². The number of carbonyl (C=O) groups is 1. The summed E-state index contributed by atoms with van der Waals surface area (Å²) in [5, 5.41) is 0.534. The van der Waals surface area contributed by atoms with Gasteiger partial charge in [-0.25, -0.2) is 0 Å². The van der Waals surface area contributed by atoms with Crippen LogP contribution in [-0.4, -0.2) is 22.4 Å². The van der Waals surface area contributed by atoms with Gasteiger partial charge >= 0.3 is 0 Å². The second-order valence-electron chi connectivity index (χ2n) is 3.31. The average Bonchev–Trinajstić information content (AvgIpc) is 2.00. The molecule has 0 radical (unpaired) electrons. The van der Waals surface area contributed by atoms with Crippen LogP contribution in [0.3, 0.4) is 0 Å². The van der Waals surface area contributed by atoms with E-state index in [4.69, 9.17) is 11.5 Å². The second kappa shape index (κ2) is 4.72. The van der Waals surface area contributed by atoms with Crippen molar-refractivity contribution in [2.24, 2.45) is 11.5 Å². The molecule has 0 aromatic heterocycles. The van der Waals surface area contributed by atoms with Gasteiger partial charge in [0.2, 0.25) is 5.91 Å². The fraction of sp³-hybridized carbons (Fsp3) is 0.875. The molecule has 0 aromatic rings. The molecule has 2 atom stereocenters. The van der Waals surface area contributed by atoms with Gasteiger partial charge < -0.3 is 11.5 Å². The monoisotopic (exact) mass is 190 g/mol. The topological polar surface area (TPSA) is 69.1 Å². The van der Waals surface area contributed by atoms with Crippen molar-refractivity contribution in [3.63, 3.8) is 0 Å². The summed E-state index contributed by atoms with van der Waals surface area (Å²) in [6.07, 6.45) is 1.08. The van der Waals surface area contributed by atoms with Crippen LogP contribution in [0.5, 0.6) is 0 Å². The van der Waals surface area contributed by atoms with Crippen LogP contribution >= 0.6 is 11.8 Å². The highest BCUT2D eigenvalue weighted by Crippen LogP contribution is 2.17. The smallest absolute Gasteiger partial charge is 0.238 e. The molecule has 0 aromatic carbocycles. The van der Waals surface area contributed by atoms with E-state index in [0.717, 1.165) is 6.42 Å². The first-order valence-electron chi connectivity index (χ1n) is 4.10. The molecule has 3 nitrogen and oxygen atoms in total. The summed E-state index contributed by atoms with van der Waals surface area (Å²) in [5.74, 6) is 0.162. The Labute approximate surface area is 78.3 Å². The summed E-state index contributed by atoms with van der Waals surface area (Å²) in [4.78, 5) is 10.8. The molecule has 0 spiro atoms. The lowest BCUT2D eigenvalue weighted by Crippen LogP contribution is -2.51. The first kappa shape index (κ1) is 11.8. The van der Waals surface area contributed by atoms with Gasteiger partial charge in [-0.1, -0.05) is 13.8 Å². The Morgan fingerprint density at radius 1 is 1.67 bits per heavy atom. The van der Waals surface area contributed by atoms with Gasteiger partial charge in [-0.05, 0) is 13.3 Å². The number of hydrogen-bond acceptors (Lipinski definition) is 3. The SMILES string of the molecule is CCC(C)SCC(C)(N)C(N)=O. The highest BCUT2D eigenvalue weighted by atomic mass is 32.2. The van der Waals surface area contributed by atoms with E-state index in [1.807, 2.05) is 0 Å². The van der Waals surface area contributed by atoms with E-state index in [-0.39, 0.29) is 0 Å². The lowest BCUT2D eigenvalue weighted by atomic mass is 10.1. The van der Waals surface area contributed by atoms with E-state index in [1.54, 1.807) is 18.7 Å². The first-order chi connectivity index (χ1) is 5.40. The minimum atomic E-state index is -0.867. The maximum atomic E-state index is 10.8. The molecule has 0 heterocycles. The van der Waals surface area contributed by atoms with Crippen molar-refractivity contribution < 1.29 is 4.79 Å². The molecule has 0 saturated carbocycles. The van der Waals surface area contributed by atoms with Gasteiger partial charge in [-0.15, -0.1) is 0 Å². The molecule has 0 saturated heterocycles. The van der Waals surface area contributed by atoms with E-state index in [2.05, 4.69) is 13.8 Å². The fourth-order valence-electron chi connectivity index (χ4n) is 0.504. The summed E-state index contributed by atoms with van der Waals surface area (Å²) in [6.45, 7) is 5.89. The Bertz CT molecular complexity index is 159. The molecule has 0 bridgehead atoms. The third-order valence-electron chi connectivity index (χ3n) is 1.81. The molecular formula is C8H18N2OS. The highest BCUT2D eigenvalue weighted by molar-refractivity contribution is 7.99. The van der Waals surface area contributed by atoms with E-state index < -0.39 is 11.4 Å². The maximum absolute atomic E-state index is 10.8. The van der Waals surface area contributed by atoms with Crippen molar-refractivity contribution in [2.75, 3.05) is 5.75 Å². The average molecular weight is 190 g/mol. The van der Waals surface area contributed by atoms with Crippen molar-refractivity contribution in [2.45, 2.75) is 38.0 Å². The molecule has 0 aliphatic heterocycles. The number of amides is 1. The number of carbonyl (C=O) groups excluding carboxylic acids is 1. The molecule has 72 valence electrons. The molecule has 2 unspecified atom stereocenters. The minimum absolute atomic E-state index is 0.432. The molecule has 4 heteroatoms. The highest BCUT2D eigenvalue weighted by Gasteiger charge is 2.25. The molecule has 0 aliphatic carbocycles. The second-order valence-corrected chi connectivity index (χ2v) is 4.74. The van der Waals surface area contributed by atoms with Crippen LogP contribution in [0.2, 0.25) is 0 Å². The number of hydrogen-bond donors (Lipinski definition) is 2. The van der Waals surface area contributed by atoms with Crippen molar-refractivity contribution in [3.05, 3.63) is 0 Å². The summed E-state index contributed by atoms with van der Waals surface area (Å²) < 4.78 is 0. The van der Waals surface area contributed by atoms with Gasteiger partial charge in [-0.3, -0.25) is 4.79 Å². The molecule has 0 aliphatic rings. The molecule has 4 N–H and O–H groups in total. The fourth-order valence-corrected chi connectivity index (χ4v) is 1.51. The van der Waals surface area contributed by atoms with E-state index in [9.17, 15) is 4.79 Å². The van der Waals surface area contributed by atoms with Crippen molar-refractivity contribution in [3.8, 4) is 0 Å². The van der Waals surface area contributed by atoms with Crippen molar-refractivity contribution in [1.29, 1.82) is 0 Å². The lowest BCUT2D eigenvalue weighted by Gasteiger charge is -2.21. The Balaban J connectivity index is 3.83. The van der Waals surface area contributed by atoms with Crippen LogP contribution in [0.15, 0.2) is 0 Å². The number of thioether (sulfide) groups is 1.